The lowest BCUT2D eigenvalue weighted by atomic mass is 10.0. The van der Waals surface area contributed by atoms with Gasteiger partial charge in [0.2, 0.25) is 0 Å². The fourth-order valence-electron chi connectivity index (χ4n) is 2.47. The highest BCUT2D eigenvalue weighted by Gasteiger charge is 2.28. The van der Waals surface area contributed by atoms with Crippen molar-refractivity contribution in [2.45, 2.75) is 26.3 Å². The van der Waals surface area contributed by atoms with E-state index in [0.29, 0.717) is 10.6 Å². The minimum atomic E-state index is -0.887. The molecule has 1 aliphatic heterocycles. The second-order valence-corrected chi connectivity index (χ2v) is 6.61. The first-order valence-corrected chi connectivity index (χ1v) is 7.81. The van der Waals surface area contributed by atoms with Gasteiger partial charge in [-0.2, -0.15) is 0 Å². The van der Waals surface area contributed by atoms with Crippen LogP contribution in [-0.2, 0) is 6.42 Å². The monoisotopic (exact) mass is 294 g/mol. The molecule has 0 radical (unpaired) electrons. The average molecular weight is 294 g/mol. The van der Waals surface area contributed by atoms with Gasteiger partial charge < -0.3 is 10.0 Å². The molecule has 0 spiro atoms. The number of fused-ring (bicyclic) bond motifs is 1. The van der Waals surface area contributed by atoms with Crippen LogP contribution in [0.5, 0.6) is 0 Å². The first-order chi connectivity index (χ1) is 9.08. The third kappa shape index (κ3) is 2.04. The molecule has 4 nitrogen and oxygen atoms in total. The number of carboxylic acids is 1. The predicted molar refractivity (Wildman–Crippen MR) is 77.6 cm³/mol. The second kappa shape index (κ2) is 4.61. The number of aromatic nitrogens is 1. The molecule has 0 aromatic carbocycles. The lowest BCUT2D eigenvalue weighted by Gasteiger charge is -2.33. The van der Waals surface area contributed by atoms with Gasteiger partial charge in [-0.15, -0.1) is 11.3 Å². The van der Waals surface area contributed by atoms with Gasteiger partial charge in [0, 0.05) is 11.4 Å². The van der Waals surface area contributed by atoms with E-state index in [9.17, 15) is 4.79 Å². The molecule has 1 aliphatic rings. The van der Waals surface area contributed by atoms with Gasteiger partial charge in [-0.1, -0.05) is 11.3 Å². The first kappa shape index (κ1) is 12.6. The number of anilines is 1. The highest BCUT2D eigenvalue weighted by atomic mass is 32.1. The molecule has 2 aromatic heterocycles. The summed E-state index contributed by atoms with van der Waals surface area (Å²) in [5.74, 6) is -0.887. The Morgan fingerprint density at radius 1 is 1.58 bits per heavy atom. The highest BCUT2D eigenvalue weighted by Crippen LogP contribution is 2.38. The summed E-state index contributed by atoms with van der Waals surface area (Å²) in [6, 6.07) is 2.43. The van der Waals surface area contributed by atoms with Gasteiger partial charge in [0.15, 0.2) is 5.13 Å². The Balaban J connectivity index is 1.96. The molecular weight excluding hydrogens is 280 g/mol. The van der Waals surface area contributed by atoms with E-state index in [0.717, 1.165) is 18.1 Å². The molecule has 6 heteroatoms. The molecule has 1 atom stereocenters. The summed E-state index contributed by atoms with van der Waals surface area (Å²) in [6.07, 6.45) is 1.01. The molecule has 0 bridgehead atoms. The van der Waals surface area contributed by atoms with E-state index in [4.69, 9.17) is 5.11 Å². The Morgan fingerprint density at radius 2 is 2.37 bits per heavy atom. The summed E-state index contributed by atoms with van der Waals surface area (Å²) >= 11 is 3.08. The number of nitrogens with zero attached hydrogens (tertiary/aromatic N) is 2. The smallest absolute Gasteiger partial charge is 0.347 e. The van der Waals surface area contributed by atoms with Crippen LogP contribution in [0.3, 0.4) is 0 Å². The number of hydrogen-bond donors (Lipinski definition) is 1. The Kier molecular flexibility index (Phi) is 3.06. The maximum atomic E-state index is 11.1. The van der Waals surface area contributed by atoms with E-state index in [2.05, 4.69) is 28.3 Å². The molecule has 3 rings (SSSR count). The van der Waals surface area contributed by atoms with Gasteiger partial charge in [0.1, 0.15) is 4.88 Å². The van der Waals surface area contributed by atoms with Gasteiger partial charge in [0.25, 0.3) is 0 Å². The van der Waals surface area contributed by atoms with Crippen LogP contribution in [0.1, 0.15) is 38.8 Å². The van der Waals surface area contributed by atoms with Crippen molar-refractivity contribution in [1.82, 2.24) is 4.98 Å². The molecule has 2 aromatic rings. The largest absolute Gasteiger partial charge is 0.477 e. The third-order valence-electron chi connectivity index (χ3n) is 3.50. The number of aromatic carboxylic acids is 1. The molecule has 0 aliphatic carbocycles. The Morgan fingerprint density at radius 3 is 3.05 bits per heavy atom. The van der Waals surface area contributed by atoms with Crippen molar-refractivity contribution in [3.63, 3.8) is 0 Å². The van der Waals surface area contributed by atoms with Gasteiger partial charge >= 0.3 is 5.97 Å². The number of hydrogen-bond acceptors (Lipinski definition) is 5. The molecule has 3 heterocycles. The minimum absolute atomic E-state index is 0.266. The number of rotatable bonds is 2. The van der Waals surface area contributed by atoms with Crippen LogP contribution in [0.25, 0.3) is 0 Å². The van der Waals surface area contributed by atoms with Crippen LogP contribution in [-0.4, -0.2) is 22.6 Å². The molecule has 1 N–H and O–H groups in total. The standard InChI is InChI=1S/C13H14N2O2S2/c1-7-11(12(16)17)19-13(14-7)15-5-3-10-9(8(15)2)4-6-18-10/h4,6,8H,3,5H2,1-2H3,(H,16,17). The summed E-state index contributed by atoms with van der Waals surface area (Å²) in [5, 5.41) is 12.1. The quantitative estimate of drug-likeness (QED) is 0.923. The maximum absolute atomic E-state index is 11.1. The Hall–Kier alpha value is -1.40. The topological polar surface area (TPSA) is 53.4 Å². The first-order valence-electron chi connectivity index (χ1n) is 6.11. The third-order valence-corrected chi connectivity index (χ3v) is 5.68. The van der Waals surface area contributed by atoms with E-state index >= 15 is 0 Å². The van der Waals surface area contributed by atoms with Crippen LogP contribution < -0.4 is 4.90 Å². The summed E-state index contributed by atoms with van der Waals surface area (Å²) in [6.45, 7) is 4.82. The van der Waals surface area contributed by atoms with E-state index in [1.807, 2.05) is 0 Å². The fourth-order valence-corrected chi connectivity index (χ4v) is 4.45. The van der Waals surface area contributed by atoms with E-state index in [1.165, 1.54) is 21.8 Å². The lowest BCUT2D eigenvalue weighted by molar-refractivity contribution is 0.0701. The van der Waals surface area contributed by atoms with E-state index < -0.39 is 5.97 Å². The average Bonchev–Trinajstić information content (AvgIpc) is 2.96. The zero-order valence-electron chi connectivity index (χ0n) is 10.7. The zero-order chi connectivity index (χ0) is 13.6. The molecular formula is C13H14N2O2S2. The van der Waals surface area contributed by atoms with Crippen molar-refractivity contribution in [3.05, 3.63) is 32.5 Å². The van der Waals surface area contributed by atoms with Crippen molar-refractivity contribution in [3.8, 4) is 0 Å². The number of thiazole rings is 1. The predicted octanol–water partition coefficient (Wildman–Crippen LogP) is 3.33. The zero-order valence-corrected chi connectivity index (χ0v) is 12.3. The molecule has 0 fully saturated rings. The molecule has 0 saturated carbocycles. The number of carbonyl (C=O) groups is 1. The summed E-state index contributed by atoms with van der Waals surface area (Å²) in [4.78, 5) is 19.5. The van der Waals surface area contributed by atoms with Crippen molar-refractivity contribution < 1.29 is 9.90 Å². The van der Waals surface area contributed by atoms with Crippen LogP contribution in [0, 0.1) is 6.92 Å². The van der Waals surface area contributed by atoms with Gasteiger partial charge in [-0.05, 0) is 37.3 Å². The fraction of sp³-hybridized carbons (Fsp3) is 0.385. The molecule has 100 valence electrons. The van der Waals surface area contributed by atoms with E-state index in [1.54, 1.807) is 18.3 Å². The highest BCUT2D eigenvalue weighted by molar-refractivity contribution is 7.17. The van der Waals surface area contributed by atoms with Crippen molar-refractivity contribution in [2.24, 2.45) is 0 Å². The van der Waals surface area contributed by atoms with Gasteiger partial charge in [0.05, 0.1) is 11.7 Å². The lowest BCUT2D eigenvalue weighted by Crippen LogP contribution is -2.32. The number of thiophene rings is 1. The summed E-state index contributed by atoms with van der Waals surface area (Å²) < 4.78 is 0. The van der Waals surface area contributed by atoms with Crippen LogP contribution in [0.15, 0.2) is 11.4 Å². The Bertz CT molecular complexity index is 632. The summed E-state index contributed by atoms with van der Waals surface area (Å²) in [5.41, 5.74) is 1.96. The van der Waals surface area contributed by atoms with Gasteiger partial charge in [-0.25, -0.2) is 9.78 Å². The van der Waals surface area contributed by atoms with Crippen molar-refractivity contribution in [2.75, 3.05) is 11.4 Å². The SMILES string of the molecule is Cc1nc(N2CCc3sccc3C2C)sc1C(=O)O. The number of carboxylic acid groups (broad SMARTS) is 1. The Labute approximate surface area is 119 Å². The molecule has 0 saturated heterocycles. The maximum Gasteiger partial charge on any atom is 0.347 e. The van der Waals surface area contributed by atoms with Crippen molar-refractivity contribution >= 4 is 33.8 Å². The second-order valence-electron chi connectivity index (χ2n) is 4.63. The van der Waals surface area contributed by atoms with Gasteiger partial charge in [-0.3, -0.25) is 0 Å². The minimum Gasteiger partial charge on any atom is -0.477 e. The van der Waals surface area contributed by atoms with Crippen LogP contribution >= 0.6 is 22.7 Å². The molecule has 1 unspecified atom stereocenters. The van der Waals surface area contributed by atoms with E-state index in [-0.39, 0.29) is 6.04 Å². The van der Waals surface area contributed by atoms with Crippen LogP contribution in [0.4, 0.5) is 5.13 Å². The number of aryl methyl sites for hydroxylation is 1. The normalized spacial score (nSPS) is 18.4. The van der Waals surface area contributed by atoms with Crippen LogP contribution in [0.2, 0.25) is 0 Å². The summed E-state index contributed by atoms with van der Waals surface area (Å²) in [7, 11) is 0. The van der Waals surface area contributed by atoms with Crippen molar-refractivity contribution in [1.29, 1.82) is 0 Å². The molecule has 19 heavy (non-hydrogen) atoms. The molecule has 0 amide bonds.